The molecule has 0 aromatic heterocycles. The van der Waals surface area contributed by atoms with Crippen molar-refractivity contribution in [3.05, 3.63) is 12.2 Å². The lowest BCUT2D eigenvalue weighted by atomic mass is 9.39. The van der Waals surface area contributed by atoms with Crippen LogP contribution in [-0.4, -0.2) is 24.0 Å². The van der Waals surface area contributed by atoms with E-state index < -0.39 is 0 Å². The molecule has 3 unspecified atom stereocenters. The van der Waals surface area contributed by atoms with Gasteiger partial charge in [0, 0.05) is 23.6 Å². The van der Waals surface area contributed by atoms with Crippen molar-refractivity contribution in [2.24, 2.45) is 39.0 Å². The highest BCUT2D eigenvalue weighted by atomic mass is 16.3. The minimum Gasteiger partial charge on any atom is -0.388 e. The molecule has 0 saturated heterocycles. The van der Waals surface area contributed by atoms with Crippen molar-refractivity contribution in [3.63, 3.8) is 0 Å². The predicted octanol–water partition coefficient (Wildman–Crippen LogP) is 3.99. The Labute approximate surface area is 134 Å². The van der Waals surface area contributed by atoms with Crippen molar-refractivity contribution < 1.29 is 5.11 Å². The van der Waals surface area contributed by atoms with Gasteiger partial charge in [-0.25, -0.2) is 0 Å². The summed E-state index contributed by atoms with van der Waals surface area (Å²) in [7, 11) is 0. The molecule has 0 aromatic carbocycles. The van der Waals surface area contributed by atoms with Gasteiger partial charge in [-0.1, -0.05) is 19.9 Å². The van der Waals surface area contributed by atoms with E-state index >= 15 is 0 Å². The third kappa shape index (κ3) is 1.36. The predicted molar refractivity (Wildman–Crippen MR) is 88.9 cm³/mol. The van der Waals surface area contributed by atoms with Crippen LogP contribution in [0.2, 0.25) is 0 Å². The maximum Gasteiger partial charge on any atom is 0.0809 e. The monoisotopic (exact) mass is 299 g/mol. The zero-order valence-electron chi connectivity index (χ0n) is 13.9. The lowest BCUT2D eigenvalue weighted by Gasteiger charge is -2.65. The van der Waals surface area contributed by atoms with Crippen LogP contribution in [0.25, 0.3) is 0 Å². The number of fused-ring (bicyclic) bond motifs is 1. The molecule has 2 heteroatoms. The summed E-state index contributed by atoms with van der Waals surface area (Å²) in [4.78, 5) is 4.89. The van der Waals surface area contributed by atoms with Crippen molar-refractivity contribution in [1.82, 2.24) is 0 Å². The molecule has 4 fully saturated rings. The van der Waals surface area contributed by atoms with Crippen molar-refractivity contribution in [1.29, 1.82) is 0 Å². The molecule has 0 amide bonds. The van der Waals surface area contributed by atoms with E-state index in [-0.39, 0.29) is 11.5 Å². The highest BCUT2D eigenvalue weighted by Gasteiger charge is 2.68. The Kier molecular flexibility index (Phi) is 2.54. The maximum atomic E-state index is 11.1. The Morgan fingerprint density at radius 2 is 2.05 bits per heavy atom. The first-order chi connectivity index (χ1) is 10.5. The van der Waals surface area contributed by atoms with Crippen LogP contribution in [0.15, 0.2) is 17.1 Å². The molecule has 2 nitrogen and oxygen atoms in total. The van der Waals surface area contributed by atoms with Gasteiger partial charge in [0.15, 0.2) is 0 Å². The van der Waals surface area contributed by atoms with Crippen LogP contribution >= 0.6 is 0 Å². The topological polar surface area (TPSA) is 32.6 Å². The molecular formula is C20H29NO. The summed E-state index contributed by atoms with van der Waals surface area (Å²) in [6.07, 6.45) is 12.4. The van der Waals surface area contributed by atoms with Gasteiger partial charge in [-0.3, -0.25) is 4.99 Å². The van der Waals surface area contributed by atoms with Gasteiger partial charge in [0.1, 0.15) is 0 Å². The first-order valence-electron chi connectivity index (χ1n) is 9.40. The Morgan fingerprint density at radius 3 is 2.91 bits per heavy atom. The van der Waals surface area contributed by atoms with Gasteiger partial charge >= 0.3 is 0 Å². The van der Waals surface area contributed by atoms with E-state index in [1.165, 1.54) is 51.4 Å². The number of hydrogen-bond donors (Lipinski definition) is 1. The molecule has 22 heavy (non-hydrogen) atoms. The lowest BCUT2D eigenvalue weighted by molar-refractivity contribution is -0.147. The molecular weight excluding hydrogens is 270 g/mol. The van der Waals surface area contributed by atoms with Crippen molar-refractivity contribution in [2.45, 2.75) is 64.4 Å². The van der Waals surface area contributed by atoms with Crippen LogP contribution in [0.4, 0.5) is 0 Å². The standard InChI is InChI=1S/C20H29NO/c1-13-14-4-5-16-19(10-14,17(13)22)9-6-15-18(2)7-3-8-20(15,16)12-21-11-18/h12,14-17,22H,1,3-11H2,2H3/t14?,15-,16-,17+,18+,19?,20?/m1/s1. The number of rotatable bonds is 0. The molecule has 1 spiro atoms. The molecule has 1 aliphatic heterocycles. The molecule has 120 valence electrons. The van der Waals surface area contributed by atoms with E-state index in [1.54, 1.807) is 0 Å². The van der Waals surface area contributed by atoms with E-state index in [1.807, 2.05) is 0 Å². The summed E-state index contributed by atoms with van der Waals surface area (Å²) < 4.78 is 0. The average molecular weight is 299 g/mol. The van der Waals surface area contributed by atoms with E-state index in [2.05, 4.69) is 19.7 Å². The van der Waals surface area contributed by atoms with Crippen molar-refractivity contribution >= 4 is 6.21 Å². The Hall–Kier alpha value is -0.630. The van der Waals surface area contributed by atoms with Gasteiger partial charge in [0.05, 0.1) is 6.10 Å². The second-order valence-electron chi connectivity index (χ2n) is 9.42. The second-order valence-corrected chi connectivity index (χ2v) is 9.42. The van der Waals surface area contributed by atoms with Gasteiger partial charge in [0.25, 0.3) is 0 Å². The second kappa shape index (κ2) is 4.06. The average Bonchev–Trinajstić information content (AvgIpc) is 2.67. The fourth-order valence-electron chi connectivity index (χ4n) is 7.89. The number of aliphatic hydroxyl groups excluding tert-OH is 1. The molecule has 1 heterocycles. The molecule has 4 bridgehead atoms. The Bertz CT molecular complexity index is 568. The lowest BCUT2D eigenvalue weighted by Crippen LogP contribution is -2.62. The van der Waals surface area contributed by atoms with E-state index in [0.29, 0.717) is 22.7 Å². The summed E-state index contributed by atoms with van der Waals surface area (Å²) in [5.74, 6) is 2.04. The number of hydrogen-bond acceptors (Lipinski definition) is 2. The quantitative estimate of drug-likeness (QED) is 0.674. The van der Waals surface area contributed by atoms with E-state index in [9.17, 15) is 5.11 Å². The van der Waals surface area contributed by atoms with E-state index in [4.69, 9.17) is 4.99 Å². The molecule has 1 N–H and O–H groups in total. The van der Waals surface area contributed by atoms with Crippen LogP contribution in [-0.2, 0) is 0 Å². The smallest absolute Gasteiger partial charge is 0.0809 e. The summed E-state index contributed by atoms with van der Waals surface area (Å²) in [5.41, 5.74) is 2.01. The summed E-state index contributed by atoms with van der Waals surface area (Å²) in [6, 6.07) is 0. The largest absolute Gasteiger partial charge is 0.388 e. The highest BCUT2D eigenvalue weighted by Crippen LogP contribution is 2.72. The number of aliphatic imine (C=N–C) groups is 1. The van der Waals surface area contributed by atoms with Crippen LogP contribution in [0.5, 0.6) is 0 Å². The van der Waals surface area contributed by atoms with Crippen molar-refractivity contribution in [2.75, 3.05) is 6.54 Å². The molecule has 4 aliphatic carbocycles. The first kappa shape index (κ1) is 13.8. The molecule has 7 atom stereocenters. The fraction of sp³-hybridized carbons (Fsp3) is 0.850. The van der Waals surface area contributed by atoms with E-state index in [0.717, 1.165) is 18.0 Å². The molecule has 0 aromatic rings. The highest BCUT2D eigenvalue weighted by molar-refractivity contribution is 5.69. The van der Waals surface area contributed by atoms with Crippen LogP contribution < -0.4 is 0 Å². The zero-order chi connectivity index (χ0) is 15.2. The molecule has 0 radical (unpaired) electrons. The van der Waals surface area contributed by atoms with Crippen molar-refractivity contribution in [3.8, 4) is 0 Å². The zero-order valence-corrected chi connectivity index (χ0v) is 13.9. The number of nitrogens with zero attached hydrogens (tertiary/aromatic N) is 1. The van der Waals surface area contributed by atoms with Crippen LogP contribution in [0, 0.1) is 34.0 Å². The van der Waals surface area contributed by atoms with Gasteiger partial charge in [-0.05, 0) is 73.7 Å². The third-order valence-electron chi connectivity index (χ3n) is 8.72. The fourth-order valence-corrected chi connectivity index (χ4v) is 7.89. The first-order valence-corrected chi connectivity index (χ1v) is 9.40. The summed E-state index contributed by atoms with van der Waals surface area (Å²) in [6.45, 7) is 7.81. The van der Waals surface area contributed by atoms with Gasteiger partial charge < -0.3 is 5.11 Å². The Morgan fingerprint density at radius 1 is 1.18 bits per heavy atom. The molecule has 5 rings (SSSR count). The number of aliphatic hydroxyl groups is 1. The minimum atomic E-state index is -0.246. The van der Waals surface area contributed by atoms with Crippen LogP contribution in [0.3, 0.4) is 0 Å². The van der Waals surface area contributed by atoms with Gasteiger partial charge in [0.2, 0.25) is 0 Å². The minimum absolute atomic E-state index is 0.137. The SMILES string of the molecule is C=C1C2CC[C@H]3C45C=NC[C@](C)(CCC4)[C@H]5CCC3(C2)[C@H]1O. The maximum absolute atomic E-state index is 11.1. The summed E-state index contributed by atoms with van der Waals surface area (Å²) >= 11 is 0. The van der Waals surface area contributed by atoms with Gasteiger partial charge in [-0.15, -0.1) is 0 Å². The Balaban J connectivity index is 1.65. The molecule has 5 aliphatic rings. The van der Waals surface area contributed by atoms with Gasteiger partial charge in [-0.2, -0.15) is 0 Å². The van der Waals surface area contributed by atoms with Crippen LogP contribution in [0.1, 0.15) is 58.3 Å². The third-order valence-corrected chi connectivity index (χ3v) is 8.72. The molecule has 4 saturated carbocycles. The normalized spacial score (nSPS) is 59.1. The summed E-state index contributed by atoms with van der Waals surface area (Å²) in [5, 5.41) is 11.1.